The lowest BCUT2D eigenvalue weighted by molar-refractivity contribution is -0.163. The van der Waals surface area contributed by atoms with Crippen molar-refractivity contribution in [2.24, 2.45) is 0 Å². The molecule has 1 atom stereocenters. The maximum absolute atomic E-state index is 12.8. The molecule has 0 spiro atoms. The van der Waals surface area contributed by atoms with Gasteiger partial charge in [0, 0.05) is 19.4 Å². The van der Waals surface area contributed by atoms with Crippen LogP contribution < -0.4 is 0 Å². The summed E-state index contributed by atoms with van der Waals surface area (Å²) in [5, 5.41) is 0. The summed E-state index contributed by atoms with van der Waals surface area (Å²) < 4.78 is 17.4. The first-order valence-corrected chi connectivity index (χ1v) is 26.1. The molecule has 0 aliphatic rings. The monoisotopic (exact) mass is 863 g/mol. The van der Waals surface area contributed by atoms with Crippen LogP contribution in [0.3, 0.4) is 0 Å². The average molecular weight is 863 g/mol. The number of hydrogen-bond acceptors (Lipinski definition) is 5. The van der Waals surface area contributed by atoms with Gasteiger partial charge in [-0.15, -0.1) is 0 Å². The minimum absolute atomic E-state index is 0.0631. The molecular formula is C57H98O5. The van der Waals surface area contributed by atoms with E-state index < -0.39 is 6.10 Å². The highest BCUT2D eigenvalue weighted by Gasteiger charge is 2.17. The van der Waals surface area contributed by atoms with Crippen LogP contribution in [0.1, 0.15) is 239 Å². The molecule has 62 heavy (non-hydrogen) atoms. The Labute approximate surface area is 384 Å². The van der Waals surface area contributed by atoms with Gasteiger partial charge in [-0.25, -0.2) is 0 Å². The third-order valence-electron chi connectivity index (χ3n) is 10.9. The number of unbranched alkanes of at least 4 members (excludes halogenated alkanes) is 22. The van der Waals surface area contributed by atoms with E-state index >= 15 is 0 Å². The molecule has 0 N–H and O–H groups in total. The topological polar surface area (TPSA) is 61.8 Å². The van der Waals surface area contributed by atoms with Gasteiger partial charge >= 0.3 is 11.9 Å². The Morgan fingerprint density at radius 2 is 0.726 bits per heavy atom. The van der Waals surface area contributed by atoms with E-state index in [4.69, 9.17) is 14.2 Å². The Kier molecular flexibility index (Phi) is 50.0. The van der Waals surface area contributed by atoms with E-state index in [0.29, 0.717) is 19.4 Å². The Morgan fingerprint density at radius 3 is 1.21 bits per heavy atom. The third-order valence-corrected chi connectivity index (χ3v) is 10.9. The fraction of sp³-hybridized carbons (Fsp3) is 0.719. The summed E-state index contributed by atoms with van der Waals surface area (Å²) in [7, 11) is 0. The second-order valence-corrected chi connectivity index (χ2v) is 17.0. The average Bonchev–Trinajstić information content (AvgIpc) is 3.27. The molecule has 5 nitrogen and oxygen atoms in total. The fourth-order valence-corrected chi connectivity index (χ4v) is 7.04. The van der Waals surface area contributed by atoms with Gasteiger partial charge < -0.3 is 14.2 Å². The predicted octanol–water partition coefficient (Wildman–Crippen LogP) is 17.7. The van der Waals surface area contributed by atoms with Gasteiger partial charge in [0.25, 0.3) is 0 Å². The quantitative estimate of drug-likeness (QED) is 0.0346. The smallest absolute Gasteiger partial charge is 0.306 e. The van der Waals surface area contributed by atoms with Gasteiger partial charge in [-0.1, -0.05) is 215 Å². The summed E-state index contributed by atoms with van der Waals surface area (Å²) in [4.78, 5) is 25.4. The molecule has 1 unspecified atom stereocenters. The van der Waals surface area contributed by atoms with Crippen molar-refractivity contribution in [1.29, 1.82) is 0 Å². The zero-order valence-electron chi connectivity index (χ0n) is 40.9. The molecule has 0 amide bonds. The van der Waals surface area contributed by atoms with Crippen LogP contribution in [0, 0.1) is 0 Å². The van der Waals surface area contributed by atoms with Gasteiger partial charge in [0.05, 0.1) is 6.61 Å². The number of carbonyl (C=O) groups excluding carboxylic acids is 2. The number of hydrogen-bond donors (Lipinski definition) is 0. The van der Waals surface area contributed by atoms with E-state index in [1.165, 1.54) is 109 Å². The maximum Gasteiger partial charge on any atom is 0.306 e. The molecule has 5 heteroatoms. The number of ether oxygens (including phenoxy) is 3. The normalized spacial score (nSPS) is 12.9. The van der Waals surface area contributed by atoms with E-state index in [1.54, 1.807) is 0 Å². The highest BCUT2D eigenvalue weighted by Crippen LogP contribution is 2.14. The molecule has 0 fully saturated rings. The van der Waals surface area contributed by atoms with Crippen LogP contribution in [0.4, 0.5) is 0 Å². The summed E-state index contributed by atoms with van der Waals surface area (Å²) in [5.74, 6) is -0.441. The van der Waals surface area contributed by atoms with Crippen molar-refractivity contribution in [1.82, 2.24) is 0 Å². The SMILES string of the molecule is CC/C=C\C/C=C\C/C=C\C/C=C\C/C=C\CCCCCC(=O)OCC(COCCCCCCCCCCCC)OC(=O)CCCCCCCCC/C=C\C/C=C\CCCCC. The van der Waals surface area contributed by atoms with Crippen LogP contribution in [0.25, 0.3) is 0 Å². The molecule has 0 saturated carbocycles. The molecule has 0 aliphatic carbocycles. The largest absolute Gasteiger partial charge is 0.462 e. The Bertz CT molecular complexity index is 1160. The second kappa shape index (κ2) is 52.4. The van der Waals surface area contributed by atoms with Crippen LogP contribution >= 0.6 is 0 Å². The number of allylic oxidation sites excluding steroid dienone is 14. The molecular weight excluding hydrogens is 765 g/mol. The van der Waals surface area contributed by atoms with Crippen LogP contribution in [-0.2, 0) is 23.8 Å². The van der Waals surface area contributed by atoms with Crippen molar-refractivity contribution in [3.05, 3.63) is 85.1 Å². The zero-order chi connectivity index (χ0) is 44.9. The van der Waals surface area contributed by atoms with Crippen LogP contribution in [-0.4, -0.2) is 37.9 Å². The molecule has 0 heterocycles. The zero-order valence-corrected chi connectivity index (χ0v) is 40.9. The first-order chi connectivity index (χ1) is 30.6. The van der Waals surface area contributed by atoms with E-state index in [0.717, 1.165) is 96.3 Å². The first-order valence-electron chi connectivity index (χ1n) is 26.1. The van der Waals surface area contributed by atoms with Gasteiger partial charge in [-0.3, -0.25) is 9.59 Å². The lowest BCUT2D eigenvalue weighted by Crippen LogP contribution is -2.30. The Morgan fingerprint density at radius 1 is 0.371 bits per heavy atom. The third kappa shape index (κ3) is 49.7. The molecule has 0 aliphatic heterocycles. The molecule has 0 saturated heterocycles. The maximum atomic E-state index is 12.8. The van der Waals surface area contributed by atoms with Crippen molar-refractivity contribution in [3.8, 4) is 0 Å². The molecule has 356 valence electrons. The van der Waals surface area contributed by atoms with Crippen molar-refractivity contribution in [3.63, 3.8) is 0 Å². The van der Waals surface area contributed by atoms with Crippen LogP contribution in [0.5, 0.6) is 0 Å². The Balaban J connectivity index is 4.30. The summed E-state index contributed by atoms with van der Waals surface area (Å²) in [6.45, 7) is 7.65. The van der Waals surface area contributed by atoms with Gasteiger partial charge in [-0.2, -0.15) is 0 Å². The second-order valence-electron chi connectivity index (χ2n) is 17.0. The first kappa shape index (κ1) is 59.1. The highest BCUT2D eigenvalue weighted by molar-refractivity contribution is 5.70. The van der Waals surface area contributed by atoms with E-state index in [2.05, 4.69) is 106 Å². The van der Waals surface area contributed by atoms with Gasteiger partial charge in [0.1, 0.15) is 6.61 Å². The van der Waals surface area contributed by atoms with E-state index in [9.17, 15) is 9.59 Å². The van der Waals surface area contributed by atoms with Crippen molar-refractivity contribution < 1.29 is 23.8 Å². The lowest BCUT2D eigenvalue weighted by atomic mass is 10.1. The van der Waals surface area contributed by atoms with Gasteiger partial charge in [-0.05, 0) is 96.3 Å². The molecule has 0 aromatic carbocycles. The number of esters is 2. The molecule has 0 rings (SSSR count). The standard InChI is InChI=1S/C57H98O5/c1-4-7-10-13-16-19-22-24-26-28-29-31-32-34-36-38-41-44-47-50-56(58)61-54-55(53-60-52-49-46-43-40-21-18-15-12-9-6-3)62-57(59)51-48-45-42-39-37-35-33-30-27-25-23-20-17-14-11-8-5-2/h7,10,16-17,19-20,24-27,29,31,34,36,55H,4-6,8-9,11-15,18,21-23,28,30,32-33,35,37-54H2,1-3H3/b10-7-,19-16-,20-17-,26-24-,27-25-,31-29-,36-34-. The summed E-state index contributed by atoms with van der Waals surface area (Å²) >= 11 is 0. The van der Waals surface area contributed by atoms with Gasteiger partial charge in [0.15, 0.2) is 6.10 Å². The summed E-state index contributed by atoms with van der Waals surface area (Å²) in [6.07, 6.45) is 68.7. The molecule has 0 aromatic rings. The predicted molar refractivity (Wildman–Crippen MR) is 270 cm³/mol. The van der Waals surface area contributed by atoms with Crippen molar-refractivity contribution in [2.45, 2.75) is 245 Å². The summed E-state index contributed by atoms with van der Waals surface area (Å²) in [5.41, 5.74) is 0. The van der Waals surface area contributed by atoms with Crippen molar-refractivity contribution in [2.75, 3.05) is 19.8 Å². The lowest BCUT2D eigenvalue weighted by Gasteiger charge is -2.18. The molecule has 0 radical (unpaired) electrons. The van der Waals surface area contributed by atoms with Crippen LogP contribution in [0.2, 0.25) is 0 Å². The number of carbonyl (C=O) groups is 2. The minimum atomic E-state index is -0.555. The molecule has 0 aromatic heterocycles. The highest BCUT2D eigenvalue weighted by atomic mass is 16.6. The fourth-order valence-electron chi connectivity index (χ4n) is 7.04. The van der Waals surface area contributed by atoms with E-state index in [1.807, 2.05) is 0 Å². The van der Waals surface area contributed by atoms with Crippen LogP contribution in [0.15, 0.2) is 85.1 Å². The van der Waals surface area contributed by atoms with Gasteiger partial charge in [0.2, 0.25) is 0 Å². The number of rotatable bonds is 47. The van der Waals surface area contributed by atoms with E-state index in [-0.39, 0.29) is 25.2 Å². The molecule has 0 bridgehead atoms. The minimum Gasteiger partial charge on any atom is -0.462 e. The summed E-state index contributed by atoms with van der Waals surface area (Å²) in [6, 6.07) is 0. The Hall–Kier alpha value is -2.92. The van der Waals surface area contributed by atoms with Crippen molar-refractivity contribution >= 4 is 11.9 Å².